The molecule has 1 saturated heterocycles. The molecule has 0 spiro atoms. The maximum Gasteiger partial charge on any atom is 0.154 e. The van der Waals surface area contributed by atoms with Crippen molar-refractivity contribution in [1.82, 2.24) is 9.88 Å². The zero-order chi connectivity index (χ0) is 19.8. The molecule has 1 N–H and O–H groups in total. The second-order valence-corrected chi connectivity index (χ2v) is 10.9. The van der Waals surface area contributed by atoms with Crippen molar-refractivity contribution in [2.24, 2.45) is 5.92 Å². The van der Waals surface area contributed by atoms with Crippen LogP contribution in [0, 0.1) is 5.92 Å². The van der Waals surface area contributed by atoms with Crippen LogP contribution in [0.15, 0.2) is 54.7 Å². The van der Waals surface area contributed by atoms with E-state index in [1.807, 2.05) is 12.1 Å². The smallest absolute Gasteiger partial charge is 0.154 e. The van der Waals surface area contributed by atoms with Crippen LogP contribution in [0.3, 0.4) is 0 Å². The topological polar surface area (TPSA) is 53.2 Å². The summed E-state index contributed by atoms with van der Waals surface area (Å²) in [5, 5.41) is 1.30. The summed E-state index contributed by atoms with van der Waals surface area (Å²) in [6.45, 7) is 3.06. The summed E-state index contributed by atoms with van der Waals surface area (Å²) in [5.41, 5.74) is 4.77. The Balaban J connectivity index is 1.25. The number of benzene rings is 2. The molecule has 1 aromatic heterocycles. The van der Waals surface area contributed by atoms with Gasteiger partial charge in [-0.2, -0.15) is 0 Å². The first-order valence-electron chi connectivity index (χ1n) is 10.6. The molecule has 1 unspecified atom stereocenters. The van der Waals surface area contributed by atoms with Gasteiger partial charge < -0.3 is 4.98 Å². The second kappa shape index (κ2) is 7.62. The van der Waals surface area contributed by atoms with Crippen molar-refractivity contribution in [3.05, 3.63) is 71.4 Å². The molecule has 1 atom stereocenters. The highest BCUT2D eigenvalue weighted by Crippen LogP contribution is 2.32. The Morgan fingerprint density at radius 1 is 1.03 bits per heavy atom. The second-order valence-electron chi connectivity index (χ2n) is 8.82. The van der Waals surface area contributed by atoms with Crippen molar-refractivity contribution in [3.63, 3.8) is 0 Å². The zero-order valence-corrected chi connectivity index (χ0v) is 17.5. The Hall–Kier alpha value is -2.11. The van der Waals surface area contributed by atoms with E-state index in [0.717, 1.165) is 44.5 Å². The van der Waals surface area contributed by atoms with Gasteiger partial charge in [-0.25, -0.2) is 8.42 Å². The van der Waals surface area contributed by atoms with E-state index >= 15 is 0 Å². The Labute approximate surface area is 172 Å². The van der Waals surface area contributed by atoms with Gasteiger partial charge in [-0.05, 0) is 60.4 Å². The van der Waals surface area contributed by atoms with Gasteiger partial charge in [-0.3, -0.25) is 4.90 Å². The van der Waals surface area contributed by atoms with Crippen molar-refractivity contribution >= 4 is 20.7 Å². The molecule has 2 aromatic carbocycles. The van der Waals surface area contributed by atoms with Crippen LogP contribution in [-0.4, -0.2) is 37.1 Å². The summed E-state index contributed by atoms with van der Waals surface area (Å²) in [4.78, 5) is 5.88. The van der Waals surface area contributed by atoms with Crippen LogP contribution in [-0.2, 0) is 22.1 Å². The number of aromatic amines is 1. The van der Waals surface area contributed by atoms with E-state index in [1.165, 1.54) is 22.0 Å². The number of likely N-dealkylation sites (tertiary alicyclic amines) is 1. The molecule has 3 aromatic rings. The van der Waals surface area contributed by atoms with Gasteiger partial charge in [0.1, 0.15) is 0 Å². The van der Waals surface area contributed by atoms with E-state index in [-0.39, 0.29) is 5.75 Å². The summed E-state index contributed by atoms with van der Waals surface area (Å²) in [7, 11) is -2.99. The van der Waals surface area contributed by atoms with Crippen LogP contribution in [0.5, 0.6) is 0 Å². The third kappa shape index (κ3) is 4.41. The molecule has 29 heavy (non-hydrogen) atoms. The van der Waals surface area contributed by atoms with Gasteiger partial charge in [0.2, 0.25) is 0 Å². The van der Waals surface area contributed by atoms with Crippen molar-refractivity contribution in [2.45, 2.75) is 37.5 Å². The maximum atomic E-state index is 12.4. The van der Waals surface area contributed by atoms with E-state index in [1.54, 1.807) is 0 Å². The predicted octanol–water partition coefficient (Wildman–Crippen LogP) is 4.48. The summed E-state index contributed by atoms with van der Waals surface area (Å²) in [5.74, 6) is 1.43. The minimum absolute atomic E-state index is 0.184. The van der Waals surface area contributed by atoms with Crippen molar-refractivity contribution < 1.29 is 8.42 Å². The minimum Gasteiger partial charge on any atom is -0.361 e. The maximum absolute atomic E-state index is 12.4. The quantitative estimate of drug-likeness (QED) is 0.627. The number of para-hydroxylation sites is 1. The molecule has 5 rings (SSSR count). The number of hydrogen-bond acceptors (Lipinski definition) is 3. The van der Waals surface area contributed by atoms with Crippen molar-refractivity contribution in [3.8, 4) is 0 Å². The summed E-state index contributed by atoms with van der Waals surface area (Å²) < 4.78 is 24.8. The fraction of sp³-hybridized carbons (Fsp3) is 0.417. The first kappa shape index (κ1) is 18.9. The lowest BCUT2D eigenvalue weighted by molar-refractivity contribution is 0.328. The van der Waals surface area contributed by atoms with Crippen molar-refractivity contribution in [1.29, 1.82) is 0 Å². The number of hydrogen-bond donors (Lipinski definition) is 1. The Morgan fingerprint density at radius 2 is 1.90 bits per heavy atom. The van der Waals surface area contributed by atoms with Gasteiger partial charge in [0, 0.05) is 30.2 Å². The van der Waals surface area contributed by atoms with Gasteiger partial charge in [-0.1, -0.05) is 42.5 Å². The van der Waals surface area contributed by atoms with Crippen LogP contribution in [0.2, 0.25) is 0 Å². The molecule has 1 saturated carbocycles. The third-order valence-corrected chi connectivity index (χ3v) is 8.09. The molecule has 0 radical (unpaired) electrons. The summed E-state index contributed by atoms with van der Waals surface area (Å²) >= 11 is 0. The molecule has 5 heteroatoms. The van der Waals surface area contributed by atoms with Crippen LogP contribution in [0.25, 0.3) is 10.9 Å². The molecular weight excluding hydrogens is 380 g/mol. The molecular formula is C24H28N2O2S. The summed E-state index contributed by atoms with van der Waals surface area (Å²) in [6, 6.07) is 16.7. The molecule has 152 valence electrons. The number of fused-ring (bicyclic) bond motifs is 1. The fourth-order valence-corrected chi connectivity index (χ4v) is 6.50. The first-order chi connectivity index (χ1) is 14.1. The molecule has 2 fully saturated rings. The normalized spacial score (nSPS) is 20.5. The SMILES string of the molecule is O=S(=O)(Cc1cccc(C2CCN(Cc3c[nH]c4ccccc34)C2)c1)CC1CC1. The predicted molar refractivity (Wildman–Crippen MR) is 118 cm³/mol. The number of nitrogens with zero attached hydrogens (tertiary/aromatic N) is 1. The molecule has 1 aliphatic carbocycles. The van der Waals surface area contributed by atoms with Gasteiger partial charge in [0.05, 0.1) is 11.5 Å². The Bertz CT molecular complexity index is 1110. The van der Waals surface area contributed by atoms with E-state index in [0.29, 0.717) is 17.6 Å². The monoisotopic (exact) mass is 408 g/mol. The average molecular weight is 409 g/mol. The van der Waals surface area contributed by atoms with Crippen LogP contribution < -0.4 is 0 Å². The molecule has 4 nitrogen and oxygen atoms in total. The largest absolute Gasteiger partial charge is 0.361 e. The van der Waals surface area contributed by atoms with Gasteiger partial charge in [0.15, 0.2) is 9.84 Å². The highest BCUT2D eigenvalue weighted by molar-refractivity contribution is 7.90. The lowest BCUT2D eigenvalue weighted by Crippen LogP contribution is -2.19. The standard InChI is InChI=1S/C24H28N2O2S/c27-29(28,16-18-8-9-18)17-19-4-3-5-20(12-19)21-10-11-26(14-21)15-22-13-25-24-7-2-1-6-23(22)24/h1-7,12-13,18,21,25H,8-11,14-17H2. The molecule has 2 heterocycles. The Kier molecular flexibility index (Phi) is 4.96. The highest BCUT2D eigenvalue weighted by Gasteiger charge is 2.29. The molecule has 2 aliphatic rings. The van der Waals surface area contributed by atoms with E-state index < -0.39 is 9.84 Å². The zero-order valence-electron chi connectivity index (χ0n) is 16.7. The lowest BCUT2D eigenvalue weighted by Gasteiger charge is -2.16. The number of rotatable bonds is 7. The van der Waals surface area contributed by atoms with Crippen LogP contribution in [0.4, 0.5) is 0 Å². The number of nitrogens with one attached hydrogen (secondary N) is 1. The lowest BCUT2D eigenvalue weighted by atomic mass is 9.97. The third-order valence-electron chi connectivity index (χ3n) is 6.34. The molecule has 0 bridgehead atoms. The minimum atomic E-state index is -2.99. The van der Waals surface area contributed by atoms with Crippen LogP contribution in [0.1, 0.15) is 41.9 Å². The summed E-state index contributed by atoms with van der Waals surface area (Å²) in [6.07, 6.45) is 5.41. The van der Waals surface area contributed by atoms with E-state index in [9.17, 15) is 8.42 Å². The number of H-pyrrole nitrogens is 1. The number of aromatic nitrogens is 1. The van der Waals surface area contributed by atoms with Crippen molar-refractivity contribution in [2.75, 3.05) is 18.8 Å². The van der Waals surface area contributed by atoms with Gasteiger partial charge in [0.25, 0.3) is 0 Å². The fourth-order valence-electron chi connectivity index (χ4n) is 4.65. The highest BCUT2D eigenvalue weighted by atomic mass is 32.2. The Morgan fingerprint density at radius 3 is 2.76 bits per heavy atom. The molecule has 1 aliphatic heterocycles. The number of sulfone groups is 1. The van der Waals surface area contributed by atoms with E-state index in [4.69, 9.17) is 0 Å². The van der Waals surface area contributed by atoms with Gasteiger partial charge >= 0.3 is 0 Å². The first-order valence-corrected chi connectivity index (χ1v) is 12.4. The van der Waals surface area contributed by atoms with Gasteiger partial charge in [-0.15, -0.1) is 0 Å². The molecule has 0 amide bonds. The average Bonchev–Trinajstić information content (AvgIpc) is 3.23. The van der Waals surface area contributed by atoms with Crippen LogP contribution >= 0.6 is 0 Å². The van der Waals surface area contributed by atoms with E-state index in [2.05, 4.69) is 52.5 Å².